The van der Waals surface area contributed by atoms with Crippen molar-refractivity contribution in [3.63, 3.8) is 0 Å². The van der Waals surface area contributed by atoms with E-state index in [1.54, 1.807) is 16.4 Å². The zero-order valence-electron chi connectivity index (χ0n) is 15.9. The first-order chi connectivity index (χ1) is 13.5. The fraction of sp³-hybridized carbons (Fsp3) is 0.250. The highest BCUT2D eigenvalue weighted by Gasteiger charge is 2.46. The summed E-state index contributed by atoms with van der Waals surface area (Å²) in [7, 11) is -3.45. The van der Waals surface area contributed by atoms with Gasteiger partial charge >= 0.3 is 0 Å². The van der Waals surface area contributed by atoms with Crippen LogP contribution in [-0.2, 0) is 15.4 Å². The summed E-state index contributed by atoms with van der Waals surface area (Å²) in [6.07, 6.45) is 1.62. The monoisotopic (exact) mass is 389 g/mol. The Bertz CT molecular complexity index is 1090. The molecule has 1 fully saturated rings. The van der Waals surface area contributed by atoms with Crippen LogP contribution in [0.3, 0.4) is 0 Å². The maximum Gasteiger partial charge on any atom is 0.243 e. The van der Waals surface area contributed by atoms with Crippen LogP contribution in [0, 0.1) is 6.92 Å². The van der Waals surface area contributed by atoms with Gasteiger partial charge in [-0.3, -0.25) is 0 Å². The summed E-state index contributed by atoms with van der Waals surface area (Å²) in [6, 6.07) is 24.4. The van der Waals surface area contributed by atoms with Crippen molar-refractivity contribution in [3.8, 4) is 11.1 Å². The first-order valence-corrected chi connectivity index (χ1v) is 11.2. The minimum absolute atomic E-state index is 0.0769. The molecule has 3 aromatic rings. The summed E-state index contributed by atoms with van der Waals surface area (Å²) in [5.41, 5.74) is 6.29. The smallest absolute Gasteiger partial charge is 0.207 e. The van der Waals surface area contributed by atoms with Crippen LogP contribution in [-0.4, -0.2) is 25.8 Å². The second-order valence-corrected chi connectivity index (χ2v) is 9.83. The molecule has 0 radical (unpaired) electrons. The molecule has 5 rings (SSSR count). The molecule has 0 bridgehead atoms. The van der Waals surface area contributed by atoms with E-state index in [1.807, 2.05) is 19.1 Å². The number of benzene rings is 3. The van der Waals surface area contributed by atoms with Crippen LogP contribution in [0.15, 0.2) is 77.7 Å². The lowest BCUT2D eigenvalue weighted by Gasteiger charge is -2.40. The van der Waals surface area contributed by atoms with Gasteiger partial charge in [0, 0.05) is 18.5 Å². The minimum atomic E-state index is -3.45. The molecule has 3 aromatic carbocycles. The number of rotatable bonds is 2. The third-order valence-corrected chi connectivity index (χ3v) is 8.32. The van der Waals surface area contributed by atoms with Crippen LogP contribution >= 0.6 is 0 Å². The predicted octanol–water partition coefficient (Wildman–Crippen LogP) is 4.75. The molecule has 2 aliphatic rings. The van der Waals surface area contributed by atoms with Gasteiger partial charge in [-0.25, -0.2) is 8.42 Å². The Morgan fingerprint density at radius 1 is 0.750 bits per heavy atom. The molecule has 3 nitrogen and oxygen atoms in total. The van der Waals surface area contributed by atoms with Gasteiger partial charge in [-0.2, -0.15) is 4.31 Å². The molecule has 1 aliphatic carbocycles. The Kier molecular flexibility index (Phi) is 3.97. The van der Waals surface area contributed by atoms with Crippen molar-refractivity contribution in [2.75, 3.05) is 13.1 Å². The van der Waals surface area contributed by atoms with Gasteiger partial charge in [0.15, 0.2) is 0 Å². The Morgan fingerprint density at radius 3 is 1.79 bits per heavy atom. The van der Waals surface area contributed by atoms with Crippen LogP contribution in [0.2, 0.25) is 0 Å². The van der Waals surface area contributed by atoms with Gasteiger partial charge in [0.1, 0.15) is 0 Å². The van der Waals surface area contributed by atoms with Crippen molar-refractivity contribution in [2.24, 2.45) is 0 Å². The number of hydrogen-bond acceptors (Lipinski definition) is 2. The number of hydrogen-bond donors (Lipinski definition) is 0. The second-order valence-electron chi connectivity index (χ2n) is 7.89. The minimum Gasteiger partial charge on any atom is -0.207 e. The van der Waals surface area contributed by atoms with E-state index in [2.05, 4.69) is 48.5 Å². The number of sulfonamides is 1. The second kappa shape index (κ2) is 6.29. The van der Waals surface area contributed by atoms with E-state index in [1.165, 1.54) is 22.3 Å². The summed E-state index contributed by atoms with van der Waals surface area (Å²) in [6.45, 7) is 3.05. The van der Waals surface area contributed by atoms with Crippen molar-refractivity contribution < 1.29 is 8.42 Å². The van der Waals surface area contributed by atoms with Crippen molar-refractivity contribution in [1.82, 2.24) is 4.31 Å². The summed E-state index contributed by atoms with van der Waals surface area (Å²) >= 11 is 0. The molecular formula is C24H23NO2S. The zero-order chi connectivity index (χ0) is 19.4. The molecule has 1 spiro atoms. The van der Waals surface area contributed by atoms with Gasteiger partial charge in [0.2, 0.25) is 10.0 Å². The largest absolute Gasteiger partial charge is 0.243 e. The third-order valence-electron chi connectivity index (χ3n) is 6.41. The molecule has 1 saturated heterocycles. The lowest BCUT2D eigenvalue weighted by molar-refractivity contribution is 0.269. The van der Waals surface area contributed by atoms with Crippen LogP contribution in [0.1, 0.15) is 29.5 Å². The average molecular weight is 390 g/mol. The van der Waals surface area contributed by atoms with Gasteiger partial charge in [-0.05, 0) is 54.2 Å². The van der Waals surface area contributed by atoms with Crippen molar-refractivity contribution in [3.05, 3.63) is 89.5 Å². The van der Waals surface area contributed by atoms with E-state index >= 15 is 0 Å². The highest BCUT2D eigenvalue weighted by Crippen LogP contribution is 2.54. The zero-order valence-corrected chi connectivity index (χ0v) is 16.7. The number of fused-ring (bicyclic) bond motifs is 5. The van der Waals surface area contributed by atoms with E-state index < -0.39 is 10.0 Å². The van der Waals surface area contributed by atoms with Crippen LogP contribution < -0.4 is 0 Å². The normalized spacial score (nSPS) is 18.0. The summed E-state index contributed by atoms with van der Waals surface area (Å²) < 4.78 is 27.9. The molecule has 142 valence electrons. The lowest BCUT2D eigenvalue weighted by atomic mass is 9.71. The quantitative estimate of drug-likeness (QED) is 0.634. The third kappa shape index (κ3) is 2.48. The Labute approximate surface area is 166 Å². The summed E-state index contributed by atoms with van der Waals surface area (Å²) in [5, 5.41) is 0. The van der Waals surface area contributed by atoms with Gasteiger partial charge in [0.25, 0.3) is 0 Å². The van der Waals surface area contributed by atoms with Crippen LogP contribution in [0.4, 0.5) is 0 Å². The molecule has 0 amide bonds. The molecule has 0 atom stereocenters. The molecule has 1 aliphatic heterocycles. The molecular weight excluding hydrogens is 366 g/mol. The average Bonchev–Trinajstić information content (AvgIpc) is 2.99. The van der Waals surface area contributed by atoms with Crippen molar-refractivity contribution in [1.29, 1.82) is 0 Å². The van der Waals surface area contributed by atoms with E-state index in [-0.39, 0.29) is 5.41 Å². The SMILES string of the molecule is Cc1ccc(S(=O)(=O)N2CCC3(CC2)c2ccccc2-c2ccccc23)cc1. The van der Waals surface area contributed by atoms with Gasteiger partial charge in [-0.15, -0.1) is 0 Å². The molecule has 4 heteroatoms. The summed E-state index contributed by atoms with van der Waals surface area (Å²) in [5.74, 6) is 0. The van der Waals surface area contributed by atoms with Gasteiger partial charge in [-0.1, -0.05) is 66.2 Å². The Hall–Kier alpha value is -2.43. The fourth-order valence-electron chi connectivity index (χ4n) is 4.92. The van der Waals surface area contributed by atoms with E-state index in [0.29, 0.717) is 18.0 Å². The van der Waals surface area contributed by atoms with E-state index in [4.69, 9.17) is 0 Å². The standard InChI is InChI=1S/C24H23NO2S/c1-18-10-12-19(13-11-18)28(26,27)25-16-14-24(15-17-25)22-8-4-2-6-20(22)21-7-3-5-9-23(21)24/h2-13H,14-17H2,1H3. The number of piperidine rings is 1. The first kappa shape index (κ1) is 17.7. The molecule has 1 heterocycles. The molecule has 0 aromatic heterocycles. The maximum absolute atomic E-state index is 13.1. The van der Waals surface area contributed by atoms with Crippen LogP contribution in [0.5, 0.6) is 0 Å². The van der Waals surface area contributed by atoms with Crippen LogP contribution in [0.25, 0.3) is 11.1 Å². The van der Waals surface area contributed by atoms with Crippen molar-refractivity contribution in [2.45, 2.75) is 30.1 Å². The molecule has 0 N–H and O–H groups in total. The molecule has 0 unspecified atom stereocenters. The maximum atomic E-state index is 13.1. The fourth-order valence-corrected chi connectivity index (χ4v) is 6.36. The molecule has 28 heavy (non-hydrogen) atoms. The highest BCUT2D eigenvalue weighted by atomic mass is 32.2. The van der Waals surface area contributed by atoms with Crippen molar-refractivity contribution >= 4 is 10.0 Å². The molecule has 0 saturated carbocycles. The van der Waals surface area contributed by atoms with Gasteiger partial charge < -0.3 is 0 Å². The Morgan fingerprint density at radius 2 is 1.25 bits per heavy atom. The lowest BCUT2D eigenvalue weighted by Crippen LogP contribution is -2.44. The number of aryl methyl sites for hydroxylation is 1. The van der Waals surface area contributed by atoms with E-state index in [9.17, 15) is 8.42 Å². The van der Waals surface area contributed by atoms with Gasteiger partial charge in [0.05, 0.1) is 4.90 Å². The Balaban J connectivity index is 1.50. The number of nitrogens with zero attached hydrogens (tertiary/aromatic N) is 1. The first-order valence-electron chi connectivity index (χ1n) is 9.79. The summed E-state index contributed by atoms with van der Waals surface area (Å²) in [4.78, 5) is 0.390. The topological polar surface area (TPSA) is 37.4 Å². The highest BCUT2D eigenvalue weighted by molar-refractivity contribution is 7.89. The predicted molar refractivity (Wildman–Crippen MR) is 112 cm³/mol. The van der Waals surface area contributed by atoms with E-state index in [0.717, 1.165) is 18.4 Å².